The summed E-state index contributed by atoms with van der Waals surface area (Å²) in [4.78, 5) is 13.4. The fourth-order valence-corrected chi connectivity index (χ4v) is 1.50. The van der Waals surface area contributed by atoms with Gasteiger partial charge >= 0.3 is 0 Å². The van der Waals surface area contributed by atoms with Crippen LogP contribution in [0.3, 0.4) is 0 Å². The van der Waals surface area contributed by atoms with Crippen LogP contribution in [0.5, 0.6) is 0 Å². The lowest BCUT2D eigenvalue weighted by Crippen LogP contribution is -2.39. The summed E-state index contributed by atoms with van der Waals surface area (Å²) in [5.74, 6) is 0.0929. The van der Waals surface area contributed by atoms with E-state index in [1.54, 1.807) is 0 Å². The van der Waals surface area contributed by atoms with Crippen LogP contribution >= 0.6 is 15.9 Å². The van der Waals surface area contributed by atoms with Crippen molar-refractivity contribution < 1.29 is 4.79 Å². The van der Waals surface area contributed by atoms with Gasteiger partial charge in [-0.3, -0.25) is 4.79 Å². The van der Waals surface area contributed by atoms with Crippen molar-refractivity contribution >= 4 is 21.8 Å². The standard InChI is InChI=1S/C8H15BrN2O/c1-6(9)8(12)10-7-3-4-11(2)5-7/h6-7H,3-5H2,1-2H3,(H,10,12). The van der Waals surface area contributed by atoms with Gasteiger partial charge in [0.15, 0.2) is 0 Å². The molecule has 12 heavy (non-hydrogen) atoms. The molecule has 0 spiro atoms. The Morgan fingerprint density at radius 3 is 2.83 bits per heavy atom. The summed E-state index contributed by atoms with van der Waals surface area (Å²) in [7, 11) is 2.07. The zero-order chi connectivity index (χ0) is 9.14. The first-order chi connectivity index (χ1) is 5.59. The largest absolute Gasteiger partial charge is 0.351 e. The normalized spacial score (nSPS) is 27.1. The fraction of sp³-hybridized carbons (Fsp3) is 0.875. The summed E-state index contributed by atoms with van der Waals surface area (Å²) in [6.07, 6.45) is 1.07. The van der Waals surface area contributed by atoms with Crippen molar-refractivity contribution in [1.82, 2.24) is 10.2 Å². The van der Waals surface area contributed by atoms with E-state index in [2.05, 4.69) is 33.2 Å². The van der Waals surface area contributed by atoms with Gasteiger partial charge in [-0.2, -0.15) is 0 Å². The highest BCUT2D eigenvalue weighted by atomic mass is 79.9. The van der Waals surface area contributed by atoms with Gasteiger partial charge in [0.25, 0.3) is 0 Å². The molecule has 3 nitrogen and oxygen atoms in total. The number of halogens is 1. The lowest BCUT2D eigenvalue weighted by Gasteiger charge is -2.13. The summed E-state index contributed by atoms with van der Waals surface area (Å²) in [6.45, 7) is 3.90. The van der Waals surface area contributed by atoms with Crippen molar-refractivity contribution in [2.24, 2.45) is 0 Å². The molecule has 0 aromatic rings. The molecule has 4 heteroatoms. The number of rotatable bonds is 2. The van der Waals surface area contributed by atoms with Gasteiger partial charge in [-0.25, -0.2) is 0 Å². The molecule has 0 aromatic carbocycles. The molecule has 0 saturated carbocycles. The zero-order valence-electron chi connectivity index (χ0n) is 7.51. The van der Waals surface area contributed by atoms with E-state index in [0.717, 1.165) is 19.5 Å². The number of nitrogens with one attached hydrogen (secondary N) is 1. The van der Waals surface area contributed by atoms with Crippen LogP contribution in [0.25, 0.3) is 0 Å². The van der Waals surface area contributed by atoms with Crippen molar-refractivity contribution in [2.45, 2.75) is 24.2 Å². The number of carbonyl (C=O) groups is 1. The van der Waals surface area contributed by atoms with E-state index in [4.69, 9.17) is 0 Å². The number of hydrogen-bond donors (Lipinski definition) is 1. The van der Waals surface area contributed by atoms with Crippen LogP contribution in [0.1, 0.15) is 13.3 Å². The highest BCUT2D eigenvalue weighted by molar-refractivity contribution is 9.10. The van der Waals surface area contributed by atoms with Crippen LogP contribution in [-0.2, 0) is 4.79 Å². The maximum absolute atomic E-state index is 11.2. The Labute approximate surface area is 81.6 Å². The molecule has 1 saturated heterocycles. The smallest absolute Gasteiger partial charge is 0.233 e. The third-order valence-corrected chi connectivity index (χ3v) is 2.51. The minimum atomic E-state index is -0.0802. The van der Waals surface area contributed by atoms with Crippen LogP contribution in [0, 0.1) is 0 Å². The highest BCUT2D eigenvalue weighted by Crippen LogP contribution is 2.07. The van der Waals surface area contributed by atoms with E-state index in [1.807, 2.05) is 6.92 Å². The Morgan fingerprint density at radius 1 is 1.75 bits per heavy atom. The number of alkyl halides is 1. The fourth-order valence-electron chi connectivity index (χ4n) is 1.37. The molecule has 1 rings (SSSR count). The quantitative estimate of drug-likeness (QED) is 0.710. The SMILES string of the molecule is CC(Br)C(=O)NC1CCN(C)C1. The average Bonchev–Trinajstić information content (AvgIpc) is 2.35. The molecule has 1 heterocycles. The number of carbonyl (C=O) groups excluding carboxylic acids is 1. The molecular weight excluding hydrogens is 220 g/mol. The summed E-state index contributed by atoms with van der Waals surface area (Å²) in [5, 5.41) is 2.98. The summed E-state index contributed by atoms with van der Waals surface area (Å²) in [5.41, 5.74) is 0. The van der Waals surface area contributed by atoms with E-state index < -0.39 is 0 Å². The monoisotopic (exact) mass is 234 g/mol. The Bertz CT molecular complexity index is 172. The second-order valence-electron chi connectivity index (χ2n) is 3.37. The predicted molar refractivity (Wildman–Crippen MR) is 52.4 cm³/mol. The number of amides is 1. The van der Waals surface area contributed by atoms with Crippen LogP contribution in [-0.4, -0.2) is 41.8 Å². The minimum absolute atomic E-state index is 0.0802. The zero-order valence-corrected chi connectivity index (χ0v) is 9.10. The van der Waals surface area contributed by atoms with Gasteiger partial charge in [-0.05, 0) is 26.9 Å². The van der Waals surface area contributed by atoms with Crippen molar-refractivity contribution in [1.29, 1.82) is 0 Å². The third kappa shape index (κ3) is 2.75. The second kappa shape index (κ2) is 4.23. The van der Waals surface area contributed by atoms with Gasteiger partial charge in [-0.1, -0.05) is 15.9 Å². The number of nitrogens with zero attached hydrogens (tertiary/aromatic N) is 1. The molecule has 1 aliphatic heterocycles. The molecule has 0 radical (unpaired) electrons. The molecule has 2 unspecified atom stereocenters. The molecule has 0 aromatic heterocycles. The van der Waals surface area contributed by atoms with Crippen LogP contribution in [0.15, 0.2) is 0 Å². The molecule has 1 aliphatic rings. The van der Waals surface area contributed by atoms with Gasteiger partial charge in [0, 0.05) is 12.6 Å². The highest BCUT2D eigenvalue weighted by Gasteiger charge is 2.22. The molecular formula is C8H15BrN2O. The van der Waals surface area contributed by atoms with Crippen molar-refractivity contribution in [3.8, 4) is 0 Å². The van der Waals surface area contributed by atoms with Crippen LogP contribution < -0.4 is 5.32 Å². The van der Waals surface area contributed by atoms with E-state index in [1.165, 1.54) is 0 Å². The third-order valence-electron chi connectivity index (χ3n) is 2.10. The summed E-state index contributed by atoms with van der Waals surface area (Å²) >= 11 is 3.24. The van der Waals surface area contributed by atoms with Gasteiger partial charge in [-0.15, -0.1) is 0 Å². The van der Waals surface area contributed by atoms with Crippen LogP contribution in [0.4, 0.5) is 0 Å². The van der Waals surface area contributed by atoms with Crippen molar-refractivity contribution in [2.75, 3.05) is 20.1 Å². The molecule has 70 valence electrons. The maximum atomic E-state index is 11.2. The van der Waals surface area contributed by atoms with Crippen LogP contribution in [0.2, 0.25) is 0 Å². The van der Waals surface area contributed by atoms with Gasteiger partial charge < -0.3 is 10.2 Å². The van der Waals surface area contributed by atoms with E-state index >= 15 is 0 Å². The Kier molecular flexibility index (Phi) is 3.53. The maximum Gasteiger partial charge on any atom is 0.233 e. The second-order valence-corrected chi connectivity index (χ2v) is 4.75. The molecule has 2 atom stereocenters. The van der Waals surface area contributed by atoms with Gasteiger partial charge in [0.2, 0.25) is 5.91 Å². The molecule has 1 amide bonds. The van der Waals surface area contributed by atoms with Gasteiger partial charge in [0.05, 0.1) is 4.83 Å². The molecule has 0 aliphatic carbocycles. The first-order valence-corrected chi connectivity index (χ1v) is 5.14. The molecule has 1 N–H and O–H groups in total. The number of likely N-dealkylation sites (tertiary alicyclic amines) is 1. The van der Waals surface area contributed by atoms with Crippen molar-refractivity contribution in [3.63, 3.8) is 0 Å². The van der Waals surface area contributed by atoms with E-state index in [9.17, 15) is 4.79 Å². The first kappa shape index (κ1) is 9.99. The minimum Gasteiger partial charge on any atom is -0.351 e. The first-order valence-electron chi connectivity index (χ1n) is 4.22. The lowest BCUT2D eigenvalue weighted by molar-refractivity contribution is -0.120. The molecule has 0 bridgehead atoms. The topological polar surface area (TPSA) is 32.3 Å². The average molecular weight is 235 g/mol. The number of hydrogen-bond acceptors (Lipinski definition) is 2. The van der Waals surface area contributed by atoms with Gasteiger partial charge in [0.1, 0.15) is 0 Å². The summed E-state index contributed by atoms with van der Waals surface area (Å²) < 4.78 is 0. The van der Waals surface area contributed by atoms with Crippen molar-refractivity contribution in [3.05, 3.63) is 0 Å². The molecule has 1 fully saturated rings. The Balaban J connectivity index is 2.28. The van der Waals surface area contributed by atoms with E-state index in [0.29, 0.717) is 6.04 Å². The lowest BCUT2D eigenvalue weighted by atomic mass is 10.2. The summed E-state index contributed by atoms with van der Waals surface area (Å²) in [6, 6.07) is 0.350. The Hall–Kier alpha value is -0.0900. The number of likely N-dealkylation sites (N-methyl/N-ethyl adjacent to an activating group) is 1. The predicted octanol–water partition coefficient (Wildman–Crippen LogP) is 0.590. The Morgan fingerprint density at radius 2 is 2.42 bits per heavy atom. The van der Waals surface area contributed by atoms with E-state index in [-0.39, 0.29) is 10.7 Å².